The summed E-state index contributed by atoms with van der Waals surface area (Å²) in [4.78, 5) is 0. The van der Waals surface area contributed by atoms with Crippen LogP contribution in [0.15, 0.2) is 0 Å². The van der Waals surface area contributed by atoms with Crippen LogP contribution in [-0.4, -0.2) is 31.3 Å². The Kier molecular flexibility index (Phi) is 4.85. The summed E-state index contributed by atoms with van der Waals surface area (Å²) in [6.45, 7) is 8.18. The highest BCUT2D eigenvalue weighted by atomic mass is 16.5. The summed E-state index contributed by atoms with van der Waals surface area (Å²) in [7, 11) is 0. The molecule has 1 fully saturated rings. The second-order valence-electron chi connectivity index (χ2n) is 4.49. The van der Waals surface area contributed by atoms with Crippen LogP contribution in [0.3, 0.4) is 0 Å². The molecule has 0 amide bonds. The SMILES string of the molecule is CCOC1CC(NCC(C)C(C)N)C1. The van der Waals surface area contributed by atoms with Gasteiger partial charge in [-0.15, -0.1) is 0 Å². The summed E-state index contributed by atoms with van der Waals surface area (Å²) >= 11 is 0. The van der Waals surface area contributed by atoms with Crippen LogP contribution in [0, 0.1) is 5.92 Å². The standard InChI is InChI=1S/C11H24N2O/c1-4-14-11-5-10(6-11)13-7-8(2)9(3)12/h8-11,13H,4-7,12H2,1-3H3. The summed E-state index contributed by atoms with van der Waals surface area (Å²) < 4.78 is 5.50. The van der Waals surface area contributed by atoms with Gasteiger partial charge >= 0.3 is 0 Å². The van der Waals surface area contributed by atoms with Crippen molar-refractivity contribution in [3.8, 4) is 0 Å². The van der Waals surface area contributed by atoms with Crippen molar-refractivity contribution in [3.63, 3.8) is 0 Å². The molecule has 1 aliphatic carbocycles. The van der Waals surface area contributed by atoms with Crippen molar-refractivity contribution in [2.75, 3.05) is 13.2 Å². The first-order valence-corrected chi connectivity index (χ1v) is 5.74. The van der Waals surface area contributed by atoms with E-state index in [1.165, 1.54) is 12.8 Å². The average molecular weight is 200 g/mol. The number of rotatable bonds is 6. The van der Waals surface area contributed by atoms with Crippen molar-refractivity contribution < 1.29 is 4.74 Å². The zero-order valence-corrected chi connectivity index (χ0v) is 9.62. The number of hydrogen-bond donors (Lipinski definition) is 2. The molecule has 14 heavy (non-hydrogen) atoms. The normalized spacial score (nSPS) is 30.9. The molecule has 3 heteroatoms. The first-order valence-electron chi connectivity index (χ1n) is 5.74. The predicted molar refractivity (Wildman–Crippen MR) is 59.3 cm³/mol. The number of nitrogens with one attached hydrogen (secondary N) is 1. The maximum absolute atomic E-state index is 5.79. The molecule has 84 valence electrons. The van der Waals surface area contributed by atoms with Crippen LogP contribution in [0.2, 0.25) is 0 Å². The first kappa shape index (κ1) is 12.0. The monoisotopic (exact) mass is 200 g/mol. The second-order valence-corrected chi connectivity index (χ2v) is 4.49. The molecule has 0 saturated heterocycles. The number of hydrogen-bond acceptors (Lipinski definition) is 3. The van der Waals surface area contributed by atoms with E-state index in [1.807, 2.05) is 0 Å². The fourth-order valence-electron chi connectivity index (χ4n) is 1.64. The smallest absolute Gasteiger partial charge is 0.0604 e. The van der Waals surface area contributed by atoms with Gasteiger partial charge in [0, 0.05) is 18.7 Å². The summed E-state index contributed by atoms with van der Waals surface area (Å²) in [5.74, 6) is 0.557. The third kappa shape index (κ3) is 3.56. The lowest BCUT2D eigenvalue weighted by molar-refractivity contribution is -0.0105. The van der Waals surface area contributed by atoms with Crippen molar-refractivity contribution in [2.45, 2.75) is 51.8 Å². The predicted octanol–water partition coefficient (Wildman–Crippen LogP) is 1.13. The molecule has 3 N–H and O–H groups in total. The summed E-state index contributed by atoms with van der Waals surface area (Å²) in [6, 6.07) is 0.943. The van der Waals surface area contributed by atoms with Crippen LogP contribution >= 0.6 is 0 Å². The zero-order chi connectivity index (χ0) is 10.6. The molecule has 0 bridgehead atoms. The molecule has 0 spiro atoms. The molecular formula is C11H24N2O. The number of ether oxygens (including phenoxy) is 1. The van der Waals surface area contributed by atoms with Gasteiger partial charge in [0.1, 0.15) is 0 Å². The lowest BCUT2D eigenvalue weighted by Gasteiger charge is -2.36. The van der Waals surface area contributed by atoms with Crippen LogP contribution in [-0.2, 0) is 4.74 Å². The Hall–Kier alpha value is -0.120. The fourth-order valence-corrected chi connectivity index (χ4v) is 1.64. The second kappa shape index (κ2) is 5.69. The van der Waals surface area contributed by atoms with E-state index in [0.29, 0.717) is 18.1 Å². The summed E-state index contributed by atoms with van der Waals surface area (Å²) in [6.07, 6.45) is 2.84. The highest BCUT2D eigenvalue weighted by molar-refractivity contribution is 4.86. The Labute approximate surface area is 87.4 Å². The van der Waals surface area contributed by atoms with Gasteiger partial charge in [-0.05, 0) is 39.2 Å². The Bertz CT molecular complexity index is 155. The summed E-state index contributed by atoms with van der Waals surface area (Å²) in [5.41, 5.74) is 5.79. The van der Waals surface area contributed by atoms with Gasteiger partial charge in [0.15, 0.2) is 0 Å². The van der Waals surface area contributed by atoms with E-state index in [9.17, 15) is 0 Å². The van der Waals surface area contributed by atoms with E-state index in [1.54, 1.807) is 0 Å². The average Bonchev–Trinajstić information content (AvgIpc) is 2.08. The third-order valence-electron chi connectivity index (χ3n) is 3.12. The van der Waals surface area contributed by atoms with Gasteiger partial charge in [-0.2, -0.15) is 0 Å². The van der Waals surface area contributed by atoms with Crippen molar-refractivity contribution >= 4 is 0 Å². The minimum Gasteiger partial charge on any atom is -0.378 e. The molecule has 0 heterocycles. The van der Waals surface area contributed by atoms with Gasteiger partial charge < -0.3 is 15.8 Å². The van der Waals surface area contributed by atoms with Crippen molar-refractivity contribution in [3.05, 3.63) is 0 Å². The van der Waals surface area contributed by atoms with E-state index in [-0.39, 0.29) is 6.04 Å². The van der Waals surface area contributed by atoms with Gasteiger partial charge in [-0.25, -0.2) is 0 Å². The number of nitrogens with two attached hydrogens (primary N) is 1. The van der Waals surface area contributed by atoms with Gasteiger partial charge in [0.2, 0.25) is 0 Å². The maximum Gasteiger partial charge on any atom is 0.0604 e. The van der Waals surface area contributed by atoms with Crippen LogP contribution < -0.4 is 11.1 Å². The fraction of sp³-hybridized carbons (Fsp3) is 1.00. The Morgan fingerprint density at radius 1 is 1.43 bits per heavy atom. The largest absolute Gasteiger partial charge is 0.378 e. The third-order valence-corrected chi connectivity index (χ3v) is 3.12. The zero-order valence-electron chi connectivity index (χ0n) is 9.62. The minimum absolute atomic E-state index is 0.283. The molecule has 2 atom stereocenters. The van der Waals surface area contributed by atoms with Crippen LogP contribution in [0.1, 0.15) is 33.6 Å². The Morgan fingerprint density at radius 3 is 2.57 bits per heavy atom. The molecule has 1 saturated carbocycles. The molecule has 0 radical (unpaired) electrons. The Morgan fingerprint density at radius 2 is 2.07 bits per heavy atom. The van der Waals surface area contributed by atoms with E-state index >= 15 is 0 Å². The van der Waals surface area contributed by atoms with Gasteiger partial charge in [0.25, 0.3) is 0 Å². The molecule has 0 aromatic heterocycles. The van der Waals surface area contributed by atoms with Crippen molar-refractivity contribution in [1.29, 1.82) is 0 Å². The molecule has 0 aliphatic heterocycles. The van der Waals surface area contributed by atoms with E-state index in [4.69, 9.17) is 10.5 Å². The van der Waals surface area contributed by atoms with Gasteiger partial charge in [0.05, 0.1) is 6.10 Å². The van der Waals surface area contributed by atoms with E-state index < -0.39 is 0 Å². The quantitative estimate of drug-likeness (QED) is 0.675. The first-order chi connectivity index (χ1) is 6.63. The van der Waals surface area contributed by atoms with Crippen molar-refractivity contribution in [1.82, 2.24) is 5.32 Å². The molecule has 1 aliphatic rings. The van der Waals surface area contributed by atoms with E-state index in [0.717, 1.165) is 13.2 Å². The molecule has 2 unspecified atom stereocenters. The topological polar surface area (TPSA) is 47.3 Å². The van der Waals surface area contributed by atoms with Crippen molar-refractivity contribution in [2.24, 2.45) is 11.7 Å². The molecule has 3 nitrogen and oxygen atoms in total. The lowest BCUT2D eigenvalue weighted by Crippen LogP contribution is -2.48. The molecule has 0 aromatic carbocycles. The molecule has 1 rings (SSSR count). The van der Waals surface area contributed by atoms with Crippen LogP contribution in [0.4, 0.5) is 0 Å². The highest BCUT2D eigenvalue weighted by Crippen LogP contribution is 2.23. The van der Waals surface area contributed by atoms with E-state index in [2.05, 4.69) is 26.1 Å². The molecule has 0 aromatic rings. The maximum atomic E-state index is 5.79. The minimum atomic E-state index is 0.283. The molecular weight excluding hydrogens is 176 g/mol. The van der Waals surface area contributed by atoms with Gasteiger partial charge in [-0.3, -0.25) is 0 Å². The Balaban J connectivity index is 2.00. The van der Waals surface area contributed by atoms with Crippen LogP contribution in [0.25, 0.3) is 0 Å². The summed E-state index contributed by atoms with van der Waals surface area (Å²) in [5, 5.41) is 3.53. The van der Waals surface area contributed by atoms with Crippen LogP contribution in [0.5, 0.6) is 0 Å². The lowest BCUT2D eigenvalue weighted by atomic mass is 9.88. The highest BCUT2D eigenvalue weighted by Gasteiger charge is 2.29. The van der Waals surface area contributed by atoms with Gasteiger partial charge in [-0.1, -0.05) is 6.92 Å².